The number of aliphatic imine (C=N–C) groups is 1. The van der Waals surface area contributed by atoms with Crippen molar-refractivity contribution in [3.63, 3.8) is 0 Å². The zero-order chi connectivity index (χ0) is 22.6. The molecule has 1 saturated heterocycles. The van der Waals surface area contributed by atoms with Crippen molar-refractivity contribution in [2.75, 3.05) is 54.1 Å². The van der Waals surface area contributed by atoms with Gasteiger partial charge in [0.2, 0.25) is 0 Å². The van der Waals surface area contributed by atoms with Crippen LogP contribution in [0.3, 0.4) is 0 Å². The second kappa shape index (κ2) is 12.9. The van der Waals surface area contributed by atoms with Crippen LogP contribution in [0.5, 0.6) is 11.5 Å². The van der Waals surface area contributed by atoms with Crippen molar-refractivity contribution >= 4 is 5.96 Å². The van der Waals surface area contributed by atoms with Crippen LogP contribution in [-0.4, -0.2) is 65.0 Å². The fraction of sp³-hybridized carbons (Fsp3) is 0.480. The number of ether oxygens (including phenoxy) is 3. The molecule has 2 aromatic rings. The highest BCUT2D eigenvalue weighted by Gasteiger charge is 2.24. The summed E-state index contributed by atoms with van der Waals surface area (Å²) in [6.45, 7) is 4.78. The number of benzene rings is 2. The van der Waals surface area contributed by atoms with Gasteiger partial charge in [0.05, 0.1) is 19.8 Å². The Balaban J connectivity index is 1.58. The molecule has 2 aromatic carbocycles. The summed E-state index contributed by atoms with van der Waals surface area (Å²) < 4.78 is 16.2. The molecule has 1 fully saturated rings. The summed E-state index contributed by atoms with van der Waals surface area (Å²) in [7, 11) is 5.19. The average molecular weight is 441 g/mol. The number of rotatable bonds is 11. The molecule has 0 radical (unpaired) electrons. The molecule has 174 valence electrons. The minimum Gasteiger partial charge on any atom is -0.497 e. The molecular weight excluding hydrogens is 404 g/mol. The zero-order valence-electron chi connectivity index (χ0n) is 19.5. The molecular formula is C25H36N4O3. The van der Waals surface area contributed by atoms with Crippen molar-refractivity contribution in [1.82, 2.24) is 15.5 Å². The SMILES string of the molecule is CN=C(NCc1cccc(OCCOC)c1)NCC(c1cccc(OC)c1)N1CCCC1. The lowest BCUT2D eigenvalue weighted by Gasteiger charge is -2.29. The first-order chi connectivity index (χ1) is 15.7. The van der Waals surface area contributed by atoms with Gasteiger partial charge in [-0.2, -0.15) is 0 Å². The molecule has 0 spiro atoms. The number of hydrogen-bond donors (Lipinski definition) is 2. The maximum Gasteiger partial charge on any atom is 0.191 e. The molecule has 1 unspecified atom stereocenters. The van der Waals surface area contributed by atoms with Crippen molar-refractivity contribution in [3.8, 4) is 11.5 Å². The minimum absolute atomic E-state index is 0.267. The normalized spacial score (nSPS) is 15.4. The number of nitrogens with zero attached hydrogens (tertiary/aromatic N) is 2. The van der Waals surface area contributed by atoms with Crippen LogP contribution in [-0.2, 0) is 11.3 Å². The van der Waals surface area contributed by atoms with Gasteiger partial charge in [-0.1, -0.05) is 24.3 Å². The summed E-state index contributed by atoms with van der Waals surface area (Å²) in [5.41, 5.74) is 2.39. The maximum absolute atomic E-state index is 5.71. The molecule has 0 aromatic heterocycles. The Labute approximate surface area is 191 Å². The van der Waals surface area contributed by atoms with Crippen molar-refractivity contribution in [1.29, 1.82) is 0 Å². The highest BCUT2D eigenvalue weighted by Crippen LogP contribution is 2.27. The highest BCUT2D eigenvalue weighted by molar-refractivity contribution is 5.79. The molecule has 7 heteroatoms. The Morgan fingerprint density at radius 2 is 1.78 bits per heavy atom. The summed E-state index contributed by atoms with van der Waals surface area (Å²) >= 11 is 0. The molecule has 0 bridgehead atoms. The number of methoxy groups -OCH3 is 2. The van der Waals surface area contributed by atoms with E-state index in [2.05, 4.69) is 44.8 Å². The van der Waals surface area contributed by atoms with Crippen LogP contribution in [0.25, 0.3) is 0 Å². The quantitative estimate of drug-likeness (QED) is 0.318. The molecule has 3 rings (SSSR count). The second-order valence-electron chi connectivity index (χ2n) is 7.83. The summed E-state index contributed by atoms with van der Waals surface area (Å²) in [6.07, 6.45) is 2.49. The van der Waals surface area contributed by atoms with Gasteiger partial charge < -0.3 is 24.8 Å². The predicted molar refractivity (Wildman–Crippen MR) is 129 cm³/mol. The Morgan fingerprint density at radius 1 is 1.00 bits per heavy atom. The molecule has 32 heavy (non-hydrogen) atoms. The van der Waals surface area contributed by atoms with E-state index in [1.54, 1.807) is 21.3 Å². The first-order valence-corrected chi connectivity index (χ1v) is 11.3. The fourth-order valence-electron chi connectivity index (χ4n) is 3.95. The summed E-state index contributed by atoms with van der Waals surface area (Å²) in [5, 5.41) is 6.93. The number of likely N-dealkylation sites (tertiary alicyclic amines) is 1. The van der Waals surface area contributed by atoms with Gasteiger partial charge in [-0.25, -0.2) is 0 Å². The second-order valence-corrected chi connectivity index (χ2v) is 7.83. The van der Waals surface area contributed by atoms with E-state index in [1.807, 2.05) is 24.3 Å². The molecule has 1 atom stereocenters. The van der Waals surface area contributed by atoms with E-state index in [0.717, 1.165) is 42.7 Å². The van der Waals surface area contributed by atoms with Crippen LogP contribution >= 0.6 is 0 Å². The van der Waals surface area contributed by atoms with E-state index >= 15 is 0 Å². The first-order valence-electron chi connectivity index (χ1n) is 11.3. The van der Waals surface area contributed by atoms with E-state index in [4.69, 9.17) is 14.2 Å². The van der Waals surface area contributed by atoms with E-state index < -0.39 is 0 Å². The van der Waals surface area contributed by atoms with Gasteiger partial charge in [-0.3, -0.25) is 9.89 Å². The van der Waals surface area contributed by atoms with Crippen molar-refractivity contribution in [2.45, 2.75) is 25.4 Å². The van der Waals surface area contributed by atoms with Gasteiger partial charge in [0.1, 0.15) is 18.1 Å². The number of nitrogens with one attached hydrogen (secondary N) is 2. The van der Waals surface area contributed by atoms with Crippen LogP contribution < -0.4 is 20.1 Å². The van der Waals surface area contributed by atoms with Gasteiger partial charge in [0.15, 0.2) is 5.96 Å². The van der Waals surface area contributed by atoms with Gasteiger partial charge >= 0.3 is 0 Å². The monoisotopic (exact) mass is 440 g/mol. The lowest BCUT2D eigenvalue weighted by Crippen LogP contribution is -2.42. The fourth-order valence-corrected chi connectivity index (χ4v) is 3.95. The van der Waals surface area contributed by atoms with Crippen molar-refractivity contribution in [3.05, 3.63) is 59.7 Å². The highest BCUT2D eigenvalue weighted by atomic mass is 16.5. The summed E-state index contributed by atoms with van der Waals surface area (Å²) in [5.74, 6) is 2.51. The van der Waals surface area contributed by atoms with Crippen LogP contribution in [0, 0.1) is 0 Å². The minimum atomic E-state index is 0.267. The Hall–Kier alpha value is -2.77. The lowest BCUT2D eigenvalue weighted by atomic mass is 10.1. The molecule has 1 aliphatic heterocycles. The molecule has 0 saturated carbocycles. The largest absolute Gasteiger partial charge is 0.497 e. The van der Waals surface area contributed by atoms with E-state index in [0.29, 0.717) is 19.8 Å². The third-order valence-electron chi connectivity index (χ3n) is 5.66. The van der Waals surface area contributed by atoms with Crippen LogP contribution in [0.1, 0.15) is 30.0 Å². The Morgan fingerprint density at radius 3 is 2.53 bits per heavy atom. The third kappa shape index (κ3) is 7.14. The summed E-state index contributed by atoms with van der Waals surface area (Å²) in [6, 6.07) is 16.7. The number of hydrogen-bond acceptors (Lipinski definition) is 5. The van der Waals surface area contributed by atoms with Crippen molar-refractivity contribution < 1.29 is 14.2 Å². The standard InChI is InChI=1S/C25H36N4O3/c1-26-25(27-18-20-8-6-11-23(16-20)32-15-14-30-2)28-19-24(29-12-4-5-13-29)21-9-7-10-22(17-21)31-3/h6-11,16-17,24H,4-5,12-15,18-19H2,1-3H3,(H2,26,27,28). The Kier molecular flexibility index (Phi) is 9.65. The van der Waals surface area contributed by atoms with Gasteiger partial charge in [0.25, 0.3) is 0 Å². The molecule has 0 aliphatic carbocycles. The predicted octanol–water partition coefficient (Wildman–Crippen LogP) is 3.22. The Bertz CT molecular complexity index is 853. The topological polar surface area (TPSA) is 67.4 Å². The van der Waals surface area contributed by atoms with Crippen LogP contribution in [0.15, 0.2) is 53.5 Å². The molecule has 2 N–H and O–H groups in total. The molecule has 1 aliphatic rings. The average Bonchev–Trinajstić information content (AvgIpc) is 3.36. The van der Waals surface area contributed by atoms with Crippen molar-refractivity contribution in [2.24, 2.45) is 4.99 Å². The van der Waals surface area contributed by atoms with E-state index in [1.165, 1.54) is 18.4 Å². The lowest BCUT2D eigenvalue weighted by molar-refractivity contribution is 0.146. The molecule has 7 nitrogen and oxygen atoms in total. The number of guanidine groups is 1. The van der Waals surface area contributed by atoms with E-state index in [-0.39, 0.29) is 6.04 Å². The van der Waals surface area contributed by atoms with Gasteiger partial charge in [0, 0.05) is 27.2 Å². The molecule has 0 amide bonds. The molecule has 1 heterocycles. The maximum atomic E-state index is 5.71. The first kappa shape index (κ1) is 23.9. The smallest absolute Gasteiger partial charge is 0.191 e. The van der Waals surface area contributed by atoms with Crippen LogP contribution in [0.2, 0.25) is 0 Å². The van der Waals surface area contributed by atoms with E-state index in [9.17, 15) is 0 Å². The zero-order valence-corrected chi connectivity index (χ0v) is 19.5. The van der Waals surface area contributed by atoms with Crippen LogP contribution in [0.4, 0.5) is 0 Å². The van der Waals surface area contributed by atoms with Gasteiger partial charge in [-0.05, 0) is 61.3 Å². The summed E-state index contributed by atoms with van der Waals surface area (Å²) in [4.78, 5) is 6.95. The van der Waals surface area contributed by atoms with Gasteiger partial charge in [-0.15, -0.1) is 0 Å². The third-order valence-corrected chi connectivity index (χ3v) is 5.66.